The first-order valence-electron chi connectivity index (χ1n) is 5.47. The standard InChI is InChI=1S/C14H15BrN2/c1-9-6-12(17)3-5-13(9)14-4-2-11(15)7-10(14)8-16/h2-7H,8,16-17H2,1H3. The molecule has 0 aromatic heterocycles. The van der Waals surface area contributed by atoms with Gasteiger partial charge in [0.25, 0.3) is 0 Å². The largest absolute Gasteiger partial charge is 0.399 e. The predicted molar refractivity (Wildman–Crippen MR) is 76.6 cm³/mol. The lowest BCUT2D eigenvalue weighted by molar-refractivity contribution is 1.07. The summed E-state index contributed by atoms with van der Waals surface area (Å²) in [5.74, 6) is 0. The van der Waals surface area contributed by atoms with Crippen LogP contribution in [0.3, 0.4) is 0 Å². The van der Waals surface area contributed by atoms with Crippen molar-refractivity contribution in [2.75, 3.05) is 5.73 Å². The van der Waals surface area contributed by atoms with Crippen molar-refractivity contribution in [3.8, 4) is 11.1 Å². The van der Waals surface area contributed by atoms with Crippen LogP contribution in [0.5, 0.6) is 0 Å². The highest BCUT2D eigenvalue weighted by atomic mass is 79.9. The molecule has 0 spiro atoms. The summed E-state index contributed by atoms with van der Waals surface area (Å²) in [6.45, 7) is 2.59. The normalized spacial score (nSPS) is 10.5. The Labute approximate surface area is 110 Å². The summed E-state index contributed by atoms with van der Waals surface area (Å²) < 4.78 is 1.05. The number of aryl methyl sites for hydroxylation is 1. The molecule has 0 fully saturated rings. The van der Waals surface area contributed by atoms with Crippen molar-refractivity contribution in [3.63, 3.8) is 0 Å². The van der Waals surface area contributed by atoms with Gasteiger partial charge in [-0.05, 0) is 53.4 Å². The van der Waals surface area contributed by atoms with Crippen LogP contribution in [0.25, 0.3) is 11.1 Å². The van der Waals surface area contributed by atoms with E-state index in [0.29, 0.717) is 6.54 Å². The Morgan fingerprint density at radius 3 is 2.41 bits per heavy atom. The van der Waals surface area contributed by atoms with Gasteiger partial charge >= 0.3 is 0 Å². The molecule has 2 rings (SSSR count). The summed E-state index contributed by atoms with van der Waals surface area (Å²) >= 11 is 3.46. The maximum atomic E-state index is 5.79. The lowest BCUT2D eigenvalue weighted by atomic mass is 9.96. The Bertz CT molecular complexity index is 550. The number of anilines is 1. The molecule has 4 N–H and O–H groups in total. The summed E-state index contributed by atoms with van der Waals surface area (Å²) in [4.78, 5) is 0. The third kappa shape index (κ3) is 2.51. The molecule has 0 atom stereocenters. The summed E-state index contributed by atoms with van der Waals surface area (Å²) in [7, 11) is 0. The molecule has 2 aromatic carbocycles. The van der Waals surface area contributed by atoms with E-state index in [1.165, 1.54) is 16.7 Å². The number of nitrogen functional groups attached to an aromatic ring is 1. The van der Waals surface area contributed by atoms with Crippen molar-refractivity contribution >= 4 is 21.6 Å². The molecule has 0 bridgehead atoms. The Morgan fingerprint density at radius 1 is 1.06 bits per heavy atom. The highest BCUT2D eigenvalue weighted by Crippen LogP contribution is 2.29. The fourth-order valence-electron chi connectivity index (χ4n) is 1.98. The Kier molecular flexibility index (Phi) is 3.50. The van der Waals surface area contributed by atoms with Gasteiger partial charge in [-0.25, -0.2) is 0 Å². The summed E-state index contributed by atoms with van der Waals surface area (Å²) in [5, 5.41) is 0. The monoisotopic (exact) mass is 290 g/mol. The molecular weight excluding hydrogens is 276 g/mol. The molecule has 17 heavy (non-hydrogen) atoms. The zero-order chi connectivity index (χ0) is 12.4. The minimum Gasteiger partial charge on any atom is -0.399 e. The third-order valence-corrected chi connectivity index (χ3v) is 3.32. The molecule has 0 radical (unpaired) electrons. The summed E-state index contributed by atoms with van der Waals surface area (Å²) in [6, 6.07) is 12.1. The van der Waals surface area contributed by atoms with Crippen molar-refractivity contribution in [2.45, 2.75) is 13.5 Å². The van der Waals surface area contributed by atoms with Gasteiger partial charge in [0, 0.05) is 16.7 Å². The third-order valence-electron chi connectivity index (χ3n) is 2.83. The van der Waals surface area contributed by atoms with E-state index in [0.717, 1.165) is 15.7 Å². The molecule has 0 saturated carbocycles. The minimum atomic E-state index is 0.526. The van der Waals surface area contributed by atoms with Gasteiger partial charge < -0.3 is 11.5 Å². The van der Waals surface area contributed by atoms with E-state index in [9.17, 15) is 0 Å². The number of benzene rings is 2. The van der Waals surface area contributed by atoms with E-state index >= 15 is 0 Å². The second-order valence-corrected chi connectivity index (χ2v) is 5.00. The number of rotatable bonds is 2. The van der Waals surface area contributed by atoms with Crippen LogP contribution in [0.4, 0.5) is 5.69 Å². The lowest BCUT2D eigenvalue weighted by Crippen LogP contribution is -2.00. The van der Waals surface area contributed by atoms with E-state index in [4.69, 9.17) is 11.5 Å². The van der Waals surface area contributed by atoms with Gasteiger partial charge in [0.05, 0.1) is 0 Å². The second kappa shape index (κ2) is 4.90. The van der Waals surface area contributed by atoms with Gasteiger partial charge in [-0.3, -0.25) is 0 Å². The Balaban J connectivity index is 2.60. The molecule has 0 heterocycles. The topological polar surface area (TPSA) is 52.0 Å². The van der Waals surface area contributed by atoms with Crippen LogP contribution in [0.2, 0.25) is 0 Å². The fourth-order valence-corrected chi connectivity index (χ4v) is 2.39. The van der Waals surface area contributed by atoms with E-state index in [1.807, 2.05) is 24.3 Å². The van der Waals surface area contributed by atoms with E-state index in [1.54, 1.807) is 0 Å². The second-order valence-electron chi connectivity index (χ2n) is 4.08. The highest BCUT2D eigenvalue weighted by Gasteiger charge is 2.07. The van der Waals surface area contributed by atoms with Crippen LogP contribution in [0.15, 0.2) is 40.9 Å². The van der Waals surface area contributed by atoms with Crippen LogP contribution < -0.4 is 11.5 Å². The lowest BCUT2D eigenvalue weighted by Gasteiger charge is -2.12. The number of hydrogen-bond acceptors (Lipinski definition) is 2. The molecule has 2 nitrogen and oxygen atoms in total. The van der Waals surface area contributed by atoms with Crippen molar-refractivity contribution in [1.82, 2.24) is 0 Å². The SMILES string of the molecule is Cc1cc(N)ccc1-c1ccc(Br)cc1CN. The molecule has 0 aliphatic carbocycles. The molecule has 0 aliphatic heterocycles. The zero-order valence-corrected chi connectivity index (χ0v) is 11.3. The smallest absolute Gasteiger partial charge is 0.0317 e. The first-order valence-corrected chi connectivity index (χ1v) is 6.26. The number of hydrogen-bond donors (Lipinski definition) is 2. The molecule has 3 heteroatoms. The van der Waals surface area contributed by atoms with E-state index in [2.05, 4.69) is 35.0 Å². The fraction of sp³-hybridized carbons (Fsp3) is 0.143. The van der Waals surface area contributed by atoms with Crippen LogP contribution in [-0.2, 0) is 6.54 Å². The number of nitrogens with two attached hydrogens (primary N) is 2. The van der Waals surface area contributed by atoms with Gasteiger partial charge in [0.1, 0.15) is 0 Å². The van der Waals surface area contributed by atoms with Crippen LogP contribution in [0.1, 0.15) is 11.1 Å². The first kappa shape index (κ1) is 12.1. The quantitative estimate of drug-likeness (QED) is 0.832. The Morgan fingerprint density at radius 2 is 1.76 bits per heavy atom. The average molecular weight is 291 g/mol. The Hall–Kier alpha value is -1.32. The van der Waals surface area contributed by atoms with Crippen molar-refractivity contribution in [1.29, 1.82) is 0 Å². The molecule has 88 valence electrons. The van der Waals surface area contributed by atoms with Crippen molar-refractivity contribution < 1.29 is 0 Å². The van der Waals surface area contributed by atoms with Crippen molar-refractivity contribution in [2.24, 2.45) is 5.73 Å². The minimum absolute atomic E-state index is 0.526. The van der Waals surface area contributed by atoms with E-state index < -0.39 is 0 Å². The van der Waals surface area contributed by atoms with Gasteiger partial charge in [-0.15, -0.1) is 0 Å². The molecule has 2 aromatic rings. The molecule has 0 unspecified atom stereocenters. The average Bonchev–Trinajstić information content (AvgIpc) is 2.30. The maximum Gasteiger partial charge on any atom is 0.0317 e. The van der Waals surface area contributed by atoms with E-state index in [-0.39, 0.29) is 0 Å². The molecule has 0 aliphatic rings. The van der Waals surface area contributed by atoms with Gasteiger partial charge in [0.2, 0.25) is 0 Å². The zero-order valence-electron chi connectivity index (χ0n) is 9.70. The van der Waals surface area contributed by atoms with Gasteiger partial charge in [0.15, 0.2) is 0 Å². The van der Waals surface area contributed by atoms with Crippen LogP contribution >= 0.6 is 15.9 Å². The predicted octanol–water partition coefficient (Wildman–Crippen LogP) is 3.47. The summed E-state index contributed by atoms with van der Waals surface area (Å²) in [6.07, 6.45) is 0. The summed E-state index contributed by atoms with van der Waals surface area (Å²) in [5.41, 5.74) is 17.0. The molecule has 0 saturated heterocycles. The van der Waals surface area contributed by atoms with Crippen LogP contribution in [-0.4, -0.2) is 0 Å². The molecule has 0 amide bonds. The van der Waals surface area contributed by atoms with Crippen LogP contribution in [0, 0.1) is 6.92 Å². The number of halogens is 1. The maximum absolute atomic E-state index is 5.79. The first-order chi connectivity index (χ1) is 8.11. The van der Waals surface area contributed by atoms with Gasteiger partial charge in [-0.2, -0.15) is 0 Å². The highest BCUT2D eigenvalue weighted by molar-refractivity contribution is 9.10. The molecular formula is C14H15BrN2. The van der Waals surface area contributed by atoms with Gasteiger partial charge in [-0.1, -0.05) is 28.1 Å². The van der Waals surface area contributed by atoms with Crippen molar-refractivity contribution in [3.05, 3.63) is 52.0 Å².